The number of imidazole rings is 1. The van der Waals surface area contributed by atoms with Gasteiger partial charge in [0.05, 0.1) is 13.3 Å². The number of aromatic nitrogens is 2. The third-order valence-electron chi connectivity index (χ3n) is 6.34. The molecule has 1 atom stereocenters. The van der Waals surface area contributed by atoms with E-state index in [1.165, 1.54) is 24.1 Å². The smallest absolute Gasteiger partial charge is 0.433 e. The van der Waals surface area contributed by atoms with Crippen LogP contribution in [-0.2, 0) is 24.2 Å². The van der Waals surface area contributed by atoms with Gasteiger partial charge in [-0.15, -0.1) is 0 Å². The summed E-state index contributed by atoms with van der Waals surface area (Å²) in [5.74, 6) is -0.933. The second-order valence-electron chi connectivity index (χ2n) is 10.3. The van der Waals surface area contributed by atoms with Crippen molar-refractivity contribution >= 4 is 29.9 Å². The lowest BCUT2D eigenvalue weighted by Gasteiger charge is -2.30. The van der Waals surface area contributed by atoms with Crippen LogP contribution in [0.3, 0.4) is 0 Å². The van der Waals surface area contributed by atoms with Crippen molar-refractivity contribution in [1.29, 1.82) is 0 Å². The summed E-state index contributed by atoms with van der Waals surface area (Å²) in [7, 11) is -0.121. The van der Waals surface area contributed by atoms with E-state index >= 15 is 0 Å². The van der Waals surface area contributed by atoms with Gasteiger partial charge in [0.25, 0.3) is 5.91 Å². The summed E-state index contributed by atoms with van der Waals surface area (Å²) in [6.45, 7) is 6.37. The van der Waals surface area contributed by atoms with Crippen molar-refractivity contribution in [2.24, 2.45) is 0 Å². The van der Waals surface area contributed by atoms with Gasteiger partial charge in [0.2, 0.25) is 0 Å². The molecule has 0 bridgehead atoms. The summed E-state index contributed by atoms with van der Waals surface area (Å²) in [4.78, 5) is 19.1. The fourth-order valence-electron chi connectivity index (χ4n) is 4.37. The van der Waals surface area contributed by atoms with E-state index in [0.29, 0.717) is 15.6 Å². The summed E-state index contributed by atoms with van der Waals surface area (Å²) >= 11 is 3.36. The average molecular weight is 615 g/mol. The average Bonchev–Trinajstić information content (AvgIpc) is 3.38. The Kier molecular flexibility index (Phi) is 8.06. The van der Waals surface area contributed by atoms with Crippen molar-refractivity contribution < 1.29 is 31.8 Å². The van der Waals surface area contributed by atoms with E-state index < -0.39 is 44.4 Å². The fraction of sp³-hybridized carbons (Fsp3) is 0.385. The summed E-state index contributed by atoms with van der Waals surface area (Å²) in [6, 6.07) is 8.50. The van der Waals surface area contributed by atoms with Crippen LogP contribution in [0, 0.1) is 5.82 Å². The first-order valence-corrected chi connectivity index (χ1v) is 16.4. The number of methoxy groups -OCH3 is 1. The highest BCUT2D eigenvalue weighted by Crippen LogP contribution is 2.41. The van der Waals surface area contributed by atoms with E-state index in [4.69, 9.17) is 9.47 Å². The molecular weight excluding hydrogens is 586 g/mol. The zero-order chi connectivity index (χ0) is 27.8. The first kappa shape index (κ1) is 28.3. The van der Waals surface area contributed by atoms with E-state index in [0.717, 1.165) is 22.9 Å². The molecule has 12 heteroatoms. The molecule has 1 aromatic heterocycles. The first-order valence-electron chi connectivity index (χ1n) is 11.9. The molecule has 3 aromatic rings. The van der Waals surface area contributed by atoms with Gasteiger partial charge in [-0.25, -0.2) is 9.37 Å². The van der Waals surface area contributed by atoms with Crippen molar-refractivity contribution in [2.75, 3.05) is 13.7 Å². The number of rotatable bonds is 9. The van der Waals surface area contributed by atoms with Crippen molar-refractivity contribution in [3.63, 3.8) is 0 Å². The van der Waals surface area contributed by atoms with Crippen molar-refractivity contribution in [3.05, 3.63) is 81.1 Å². The second kappa shape index (κ2) is 10.8. The lowest BCUT2D eigenvalue weighted by atomic mass is 10.0. The van der Waals surface area contributed by atoms with Gasteiger partial charge in [-0.1, -0.05) is 41.6 Å². The highest BCUT2D eigenvalue weighted by atomic mass is 79.9. The van der Waals surface area contributed by atoms with Gasteiger partial charge in [0, 0.05) is 36.8 Å². The molecule has 6 nitrogen and oxygen atoms in total. The third kappa shape index (κ3) is 5.97. The maximum atomic E-state index is 14.5. The Hall–Kier alpha value is -2.70. The number of hydrogen-bond donors (Lipinski definition) is 0. The molecule has 38 heavy (non-hydrogen) atoms. The standard InChI is InChI=1S/C26H28BrF4N3O3Si/c1-36-21-8-7-18(28)12-20(21)23(33-14-16-5-6-17(27)11-19(16)25(33)35)24-32-13-22(26(29,30)31)34(24)15-37-9-10-38(2,3)4/h5-8,11-13,23H,9-10,14-15H2,1-4H3. The zero-order valence-electron chi connectivity index (χ0n) is 21.4. The molecule has 2 aromatic carbocycles. The molecule has 0 aliphatic carbocycles. The molecule has 1 unspecified atom stereocenters. The molecule has 0 saturated heterocycles. The second-order valence-corrected chi connectivity index (χ2v) is 16.8. The van der Waals surface area contributed by atoms with Gasteiger partial charge in [-0.05, 0) is 41.9 Å². The number of ether oxygens (including phenoxy) is 2. The number of nitrogens with zero attached hydrogens (tertiary/aromatic N) is 3. The Balaban J connectivity index is 1.85. The quantitative estimate of drug-likeness (QED) is 0.150. The number of amides is 1. The minimum atomic E-state index is -4.73. The van der Waals surface area contributed by atoms with Crippen molar-refractivity contribution in [3.8, 4) is 5.75 Å². The summed E-state index contributed by atoms with van der Waals surface area (Å²) < 4.78 is 69.5. The normalized spacial score (nSPS) is 14.7. The minimum absolute atomic E-state index is 0.0937. The number of carbonyl (C=O) groups excluding carboxylic acids is 1. The van der Waals surface area contributed by atoms with Crippen LogP contribution in [-0.4, -0.2) is 42.1 Å². The Labute approximate surface area is 227 Å². The highest BCUT2D eigenvalue weighted by Gasteiger charge is 2.42. The lowest BCUT2D eigenvalue weighted by molar-refractivity contribution is -0.146. The van der Waals surface area contributed by atoms with Gasteiger partial charge in [0.15, 0.2) is 0 Å². The van der Waals surface area contributed by atoms with Crippen LogP contribution in [0.25, 0.3) is 0 Å². The van der Waals surface area contributed by atoms with Crippen LogP contribution in [0.5, 0.6) is 5.75 Å². The lowest BCUT2D eigenvalue weighted by Crippen LogP contribution is -2.33. The van der Waals surface area contributed by atoms with Gasteiger partial charge >= 0.3 is 6.18 Å². The zero-order valence-corrected chi connectivity index (χ0v) is 24.0. The highest BCUT2D eigenvalue weighted by molar-refractivity contribution is 9.10. The molecule has 0 saturated carbocycles. The van der Waals surface area contributed by atoms with E-state index in [9.17, 15) is 22.4 Å². The van der Waals surface area contributed by atoms with Gasteiger partial charge in [0.1, 0.15) is 35.9 Å². The predicted octanol–water partition coefficient (Wildman–Crippen LogP) is 6.87. The fourth-order valence-corrected chi connectivity index (χ4v) is 5.49. The molecular formula is C26H28BrF4N3O3Si. The van der Waals surface area contributed by atoms with Crippen molar-refractivity contribution in [2.45, 2.75) is 51.2 Å². The SMILES string of the molecule is COc1ccc(F)cc1C(c1ncc(C(F)(F)F)n1COCC[Si](C)(C)C)N1Cc2ccc(Br)cc2C1=O. The maximum Gasteiger partial charge on any atom is 0.433 e. The molecule has 4 rings (SSSR count). The van der Waals surface area contributed by atoms with E-state index in [1.807, 2.05) is 0 Å². The molecule has 1 amide bonds. The summed E-state index contributed by atoms with van der Waals surface area (Å²) in [5.41, 5.74) is 0.252. The Morgan fingerprint density at radius 3 is 2.55 bits per heavy atom. The molecule has 0 N–H and O–H groups in total. The third-order valence-corrected chi connectivity index (χ3v) is 8.54. The molecule has 1 aliphatic heterocycles. The Bertz CT molecular complexity index is 1340. The monoisotopic (exact) mass is 613 g/mol. The van der Waals surface area contributed by atoms with Gasteiger partial charge in [-0.2, -0.15) is 13.2 Å². The largest absolute Gasteiger partial charge is 0.496 e. The van der Waals surface area contributed by atoms with Crippen LogP contribution in [0.2, 0.25) is 25.7 Å². The van der Waals surface area contributed by atoms with Crippen LogP contribution in [0.15, 0.2) is 47.1 Å². The van der Waals surface area contributed by atoms with Crippen LogP contribution in [0.1, 0.15) is 39.0 Å². The van der Waals surface area contributed by atoms with Gasteiger partial charge < -0.3 is 14.4 Å². The molecule has 204 valence electrons. The number of halogens is 5. The number of alkyl halides is 3. The minimum Gasteiger partial charge on any atom is -0.496 e. The molecule has 2 heterocycles. The number of fused-ring (bicyclic) bond motifs is 1. The topological polar surface area (TPSA) is 56.6 Å². The molecule has 1 aliphatic rings. The van der Waals surface area contributed by atoms with Crippen LogP contribution < -0.4 is 4.74 Å². The van der Waals surface area contributed by atoms with Crippen molar-refractivity contribution in [1.82, 2.24) is 14.5 Å². The van der Waals surface area contributed by atoms with E-state index in [-0.39, 0.29) is 30.3 Å². The first-order chi connectivity index (χ1) is 17.8. The Morgan fingerprint density at radius 1 is 1.16 bits per heavy atom. The molecule has 0 fully saturated rings. The Morgan fingerprint density at radius 2 is 1.89 bits per heavy atom. The van der Waals surface area contributed by atoms with E-state index in [1.54, 1.807) is 18.2 Å². The van der Waals surface area contributed by atoms with E-state index in [2.05, 4.69) is 40.6 Å². The number of hydrogen-bond acceptors (Lipinski definition) is 4. The van der Waals surface area contributed by atoms with Gasteiger partial charge in [-0.3, -0.25) is 9.36 Å². The molecule has 0 spiro atoms. The summed E-state index contributed by atoms with van der Waals surface area (Å²) in [5, 5.41) is 0. The number of benzene rings is 2. The number of carbonyl (C=O) groups is 1. The van der Waals surface area contributed by atoms with Crippen LogP contribution in [0.4, 0.5) is 17.6 Å². The summed E-state index contributed by atoms with van der Waals surface area (Å²) in [6.07, 6.45) is -4.01. The maximum absolute atomic E-state index is 14.5. The molecule has 0 radical (unpaired) electrons. The van der Waals surface area contributed by atoms with Crippen LogP contribution >= 0.6 is 15.9 Å². The predicted molar refractivity (Wildman–Crippen MR) is 140 cm³/mol.